The van der Waals surface area contributed by atoms with Gasteiger partial charge in [-0.3, -0.25) is 10.4 Å². The molecule has 3 rings (SSSR count). The Labute approximate surface area is 160 Å². The largest absolute Gasteiger partial charge is 0.494 e. The van der Waals surface area contributed by atoms with E-state index in [0.29, 0.717) is 36.8 Å². The molecule has 150 valence electrons. The van der Waals surface area contributed by atoms with Crippen LogP contribution in [-0.4, -0.2) is 26.9 Å². The monoisotopic (exact) mass is 396 g/mol. The van der Waals surface area contributed by atoms with E-state index >= 15 is 0 Å². The van der Waals surface area contributed by atoms with E-state index < -0.39 is 17.6 Å². The molecule has 0 radical (unpaired) electrons. The first-order valence-corrected chi connectivity index (χ1v) is 8.73. The molecular weight excluding hydrogens is 376 g/mol. The quantitative estimate of drug-likeness (QED) is 0.566. The third kappa shape index (κ3) is 3.91. The highest BCUT2D eigenvalue weighted by Gasteiger charge is 2.35. The molecule has 28 heavy (non-hydrogen) atoms. The van der Waals surface area contributed by atoms with Gasteiger partial charge in [0, 0.05) is 17.7 Å². The Hall–Kier alpha value is -2.74. The number of anilines is 1. The summed E-state index contributed by atoms with van der Waals surface area (Å²) < 4.78 is 64.7. The van der Waals surface area contributed by atoms with Gasteiger partial charge in [-0.1, -0.05) is 18.2 Å². The van der Waals surface area contributed by atoms with Crippen molar-refractivity contribution in [3.63, 3.8) is 0 Å². The van der Waals surface area contributed by atoms with Crippen LogP contribution in [0.1, 0.15) is 23.6 Å². The number of para-hydroxylation sites is 1. The van der Waals surface area contributed by atoms with Crippen molar-refractivity contribution >= 4 is 17.5 Å². The number of halogens is 4. The van der Waals surface area contributed by atoms with Crippen molar-refractivity contribution in [2.24, 2.45) is 0 Å². The summed E-state index contributed by atoms with van der Waals surface area (Å²) in [6.45, 7) is 3.15. The molecule has 0 saturated carbocycles. The van der Waals surface area contributed by atoms with Gasteiger partial charge in [0.25, 0.3) is 0 Å². The summed E-state index contributed by atoms with van der Waals surface area (Å²) in [5, 5.41) is 1.69. The zero-order chi connectivity index (χ0) is 20.3. The highest BCUT2D eigenvalue weighted by atomic mass is 19.4. The van der Waals surface area contributed by atoms with Gasteiger partial charge in [0.05, 0.1) is 31.5 Å². The minimum absolute atomic E-state index is 0.162. The fraction of sp³-hybridized carbons (Fsp3) is 0.300. The molecule has 0 atom stereocenters. The average molecular weight is 396 g/mol. The van der Waals surface area contributed by atoms with Crippen LogP contribution in [0.2, 0.25) is 0 Å². The van der Waals surface area contributed by atoms with E-state index in [1.807, 2.05) is 6.92 Å². The van der Waals surface area contributed by atoms with E-state index in [9.17, 15) is 17.6 Å². The Morgan fingerprint density at radius 3 is 2.54 bits per heavy atom. The topological polar surface area (TPSA) is 33.7 Å². The number of rotatable bonds is 6. The summed E-state index contributed by atoms with van der Waals surface area (Å²) in [7, 11) is 1.53. The number of nitrogens with zero attached hydrogens (tertiary/aromatic N) is 1. The molecule has 0 bridgehead atoms. The third-order valence-corrected chi connectivity index (χ3v) is 4.33. The average Bonchev–Trinajstić information content (AvgIpc) is 2.66. The van der Waals surface area contributed by atoms with Crippen molar-refractivity contribution in [2.45, 2.75) is 13.1 Å². The van der Waals surface area contributed by atoms with Crippen molar-refractivity contribution in [1.29, 1.82) is 0 Å². The molecule has 2 aromatic carbocycles. The normalized spacial score (nSPS) is 13.6. The Kier molecular flexibility index (Phi) is 5.79. The highest BCUT2D eigenvalue weighted by molar-refractivity contribution is 5.90. The number of benzene rings is 2. The van der Waals surface area contributed by atoms with Crippen LogP contribution in [0.15, 0.2) is 36.4 Å². The molecule has 0 fully saturated rings. The second-order valence-electron chi connectivity index (χ2n) is 6.08. The molecule has 1 N–H and O–H groups in total. The van der Waals surface area contributed by atoms with Gasteiger partial charge in [-0.2, -0.15) is 13.2 Å². The summed E-state index contributed by atoms with van der Waals surface area (Å²) >= 11 is 0. The van der Waals surface area contributed by atoms with Gasteiger partial charge in [0.15, 0.2) is 0 Å². The van der Waals surface area contributed by atoms with Crippen LogP contribution in [0, 0.1) is 5.82 Å². The number of ether oxygens (including phenoxy) is 2. The molecule has 0 amide bonds. The smallest absolute Gasteiger partial charge is 0.419 e. The van der Waals surface area contributed by atoms with Gasteiger partial charge in [0.1, 0.15) is 17.3 Å². The fourth-order valence-electron chi connectivity index (χ4n) is 3.06. The number of hydrogen-bond acceptors (Lipinski definition) is 4. The first-order valence-electron chi connectivity index (χ1n) is 8.73. The van der Waals surface area contributed by atoms with E-state index in [0.717, 1.165) is 6.07 Å². The number of alkyl halides is 3. The first kappa shape index (κ1) is 20.0. The first-order chi connectivity index (χ1) is 13.4. The minimum Gasteiger partial charge on any atom is -0.494 e. The van der Waals surface area contributed by atoms with Gasteiger partial charge >= 0.3 is 6.18 Å². The molecule has 0 saturated heterocycles. The van der Waals surface area contributed by atoms with Gasteiger partial charge in [-0.05, 0) is 31.2 Å². The third-order valence-electron chi connectivity index (χ3n) is 4.33. The number of hydrazine groups is 1. The van der Waals surface area contributed by atoms with Crippen molar-refractivity contribution in [2.75, 3.05) is 31.9 Å². The summed E-state index contributed by atoms with van der Waals surface area (Å²) in [5.74, 6) is -0.730. The number of hydrogen-bond donors (Lipinski definition) is 1. The van der Waals surface area contributed by atoms with Gasteiger partial charge in [-0.15, -0.1) is 0 Å². The maximum Gasteiger partial charge on any atom is 0.419 e. The Bertz CT molecular complexity index is 881. The van der Waals surface area contributed by atoms with E-state index in [4.69, 9.17) is 9.47 Å². The number of fused-ring (bicyclic) bond motifs is 1. The Balaban J connectivity index is 2.07. The number of nitrogens with one attached hydrogen (secondary N) is 1. The molecule has 8 heteroatoms. The molecule has 0 unspecified atom stereocenters. The highest BCUT2D eigenvalue weighted by Crippen LogP contribution is 2.39. The van der Waals surface area contributed by atoms with Crippen LogP contribution >= 0.6 is 0 Å². The van der Waals surface area contributed by atoms with Crippen molar-refractivity contribution in [3.8, 4) is 5.75 Å². The zero-order valence-electron chi connectivity index (χ0n) is 15.4. The van der Waals surface area contributed by atoms with Gasteiger partial charge < -0.3 is 9.47 Å². The van der Waals surface area contributed by atoms with Crippen LogP contribution in [0.5, 0.6) is 5.75 Å². The fourth-order valence-corrected chi connectivity index (χ4v) is 3.06. The maximum atomic E-state index is 14.6. The molecule has 0 spiro atoms. The number of methoxy groups -OCH3 is 1. The lowest BCUT2D eigenvalue weighted by Crippen LogP contribution is -2.42. The second-order valence-corrected chi connectivity index (χ2v) is 6.08. The van der Waals surface area contributed by atoms with Gasteiger partial charge in [-0.25, -0.2) is 4.39 Å². The molecule has 2 aromatic rings. The van der Waals surface area contributed by atoms with E-state index in [1.54, 1.807) is 29.3 Å². The van der Waals surface area contributed by atoms with E-state index in [-0.39, 0.29) is 11.3 Å². The predicted molar refractivity (Wildman–Crippen MR) is 99.2 cm³/mol. The van der Waals surface area contributed by atoms with Crippen molar-refractivity contribution in [3.05, 3.63) is 58.9 Å². The zero-order valence-corrected chi connectivity index (χ0v) is 15.4. The molecule has 0 aromatic heterocycles. The Morgan fingerprint density at radius 2 is 1.86 bits per heavy atom. The lowest BCUT2D eigenvalue weighted by Gasteiger charge is -2.34. The molecule has 1 aliphatic rings. The standard InChI is InChI=1S/C20H20F4N2O2/c1-3-28-11-10-26-19-13(6-4-9-17(19)27-2)12-16(25-26)14-7-5-8-15(18(14)21)20(22,23)24/h4-9,12,25H,3,10-11H2,1-2H3. The van der Waals surface area contributed by atoms with Gasteiger partial charge in [0.2, 0.25) is 0 Å². The molecule has 1 heterocycles. The van der Waals surface area contributed by atoms with Crippen molar-refractivity contribution < 1.29 is 27.0 Å². The van der Waals surface area contributed by atoms with Crippen LogP contribution in [0.3, 0.4) is 0 Å². The second kappa shape index (κ2) is 8.10. The molecule has 0 aliphatic carbocycles. The maximum absolute atomic E-state index is 14.6. The summed E-state index contributed by atoms with van der Waals surface area (Å²) in [6, 6.07) is 8.56. The predicted octanol–water partition coefficient (Wildman–Crippen LogP) is 4.71. The molecule has 1 aliphatic heterocycles. The van der Waals surface area contributed by atoms with E-state index in [2.05, 4.69) is 5.43 Å². The lowest BCUT2D eigenvalue weighted by atomic mass is 10.0. The summed E-state index contributed by atoms with van der Waals surface area (Å²) in [6.07, 6.45) is -3.17. The summed E-state index contributed by atoms with van der Waals surface area (Å²) in [4.78, 5) is 0. The van der Waals surface area contributed by atoms with Crippen LogP contribution in [-0.2, 0) is 10.9 Å². The van der Waals surface area contributed by atoms with Crippen LogP contribution in [0.4, 0.5) is 23.2 Å². The minimum atomic E-state index is -4.77. The van der Waals surface area contributed by atoms with Crippen molar-refractivity contribution in [1.82, 2.24) is 5.43 Å². The molecular formula is C20H20F4N2O2. The summed E-state index contributed by atoms with van der Waals surface area (Å²) in [5.41, 5.74) is 3.17. The van der Waals surface area contributed by atoms with E-state index in [1.165, 1.54) is 19.2 Å². The lowest BCUT2D eigenvalue weighted by molar-refractivity contribution is -0.140. The Morgan fingerprint density at radius 1 is 1.11 bits per heavy atom. The SMILES string of the molecule is CCOCCN1NC(c2cccc(C(F)(F)F)c2F)=Cc2cccc(OC)c21. The molecule has 4 nitrogen and oxygen atoms in total. The van der Waals surface area contributed by atoms with Crippen LogP contribution < -0.4 is 15.2 Å². The van der Waals surface area contributed by atoms with Crippen LogP contribution in [0.25, 0.3) is 11.8 Å².